The van der Waals surface area contributed by atoms with Gasteiger partial charge in [-0.1, -0.05) is 24.3 Å². The summed E-state index contributed by atoms with van der Waals surface area (Å²) in [6, 6.07) is 23.8. The molecule has 1 saturated heterocycles. The van der Waals surface area contributed by atoms with E-state index in [1.165, 1.54) is 0 Å². The Kier molecular flexibility index (Phi) is 6.04. The molecule has 1 fully saturated rings. The first-order valence-corrected chi connectivity index (χ1v) is 12.9. The van der Waals surface area contributed by atoms with E-state index in [1.54, 1.807) is 11.3 Å². The van der Waals surface area contributed by atoms with Gasteiger partial charge in [-0.3, -0.25) is 4.79 Å². The van der Waals surface area contributed by atoms with Gasteiger partial charge in [0.1, 0.15) is 11.5 Å². The van der Waals surface area contributed by atoms with Gasteiger partial charge in [0.2, 0.25) is 0 Å². The maximum atomic E-state index is 13.1. The molecule has 0 aliphatic carbocycles. The molecule has 1 aromatic heterocycles. The summed E-state index contributed by atoms with van der Waals surface area (Å²) < 4.78 is 7.10. The number of ether oxygens (including phenoxy) is 1. The molecule has 3 aromatic carbocycles. The Labute approximate surface area is 214 Å². The smallest absolute Gasteiger partial charge is 0.264 e. The highest BCUT2D eigenvalue weighted by Crippen LogP contribution is 2.38. The molecule has 8 heteroatoms. The average molecular weight is 498 g/mol. The van der Waals surface area contributed by atoms with Gasteiger partial charge in [0.05, 0.1) is 10.6 Å². The van der Waals surface area contributed by atoms with Gasteiger partial charge in [0.25, 0.3) is 5.91 Å². The summed E-state index contributed by atoms with van der Waals surface area (Å²) in [6.45, 7) is 3.18. The van der Waals surface area contributed by atoms with Crippen LogP contribution in [0.25, 0.3) is 10.1 Å². The van der Waals surface area contributed by atoms with Crippen molar-refractivity contribution in [3.05, 3.63) is 83.2 Å². The van der Waals surface area contributed by atoms with E-state index in [9.17, 15) is 4.79 Å². The highest BCUT2D eigenvalue weighted by atomic mass is 32.1. The summed E-state index contributed by atoms with van der Waals surface area (Å²) in [5, 5.41) is 7.90. The summed E-state index contributed by atoms with van der Waals surface area (Å²) in [6.07, 6.45) is 1.62. The lowest BCUT2D eigenvalue weighted by Gasteiger charge is -2.33. The molecule has 1 atom stereocenters. The van der Waals surface area contributed by atoms with Crippen molar-refractivity contribution in [2.45, 2.75) is 6.29 Å². The molecule has 0 spiro atoms. The number of rotatable bonds is 5. The Hall–Kier alpha value is -3.88. The van der Waals surface area contributed by atoms with Crippen LogP contribution in [-0.4, -0.2) is 56.5 Å². The second-order valence-corrected chi connectivity index (χ2v) is 10.0. The molecule has 4 aromatic rings. The number of carbonyl (C=O) groups is 1. The number of benzene rings is 3. The quantitative estimate of drug-likeness (QED) is 0.406. The predicted molar refractivity (Wildman–Crippen MR) is 147 cm³/mol. The zero-order valence-electron chi connectivity index (χ0n) is 20.0. The van der Waals surface area contributed by atoms with Gasteiger partial charge in [-0.05, 0) is 42.5 Å². The molecule has 0 radical (unpaired) electrons. The standard InChI is InChI=1S/C28H27N5O2S/c1-32-26-19(10-11-24-23(26)17-25(36-24)27(34)33-14-12-29-13-15-33)18-30-28(32)31-20-6-5-9-22(16-20)35-21-7-3-2-4-8-21/h2-11,16-18,28-29,31H,12-15H2,1H3. The first-order valence-electron chi connectivity index (χ1n) is 12.1. The third kappa shape index (κ3) is 4.41. The Balaban J connectivity index is 1.25. The number of hydrogen-bond donors (Lipinski definition) is 2. The van der Waals surface area contributed by atoms with Crippen molar-refractivity contribution in [2.75, 3.05) is 43.4 Å². The van der Waals surface area contributed by atoms with Gasteiger partial charge in [-0.2, -0.15) is 0 Å². The number of hydrogen-bond acceptors (Lipinski definition) is 7. The number of para-hydroxylation sites is 1. The first kappa shape index (κ1) is 22.6. The summed E-state index contributed by atoms with van der Waals surface area (Å²) in [4.78, 5) is 22.7. The third-order valence-corrected chi connectivity index (χ3v) is 7.59. The fourth-order valence-electron chi connectivity index (χ4n) is 4.67. The monoisotopic (exact) mass is 497 g/mol. The highest BCUT2D eigenvalue weighted by molar-refractivity contribution is 7.20. The van der Waals surface area contributed by atoms with Gasteiger partial charge >= 0.3 is 0 Å². The largest absolute Gasteiger partial charge is 0.457 e. The van der Waals surface area contributed by atoms with Crippen molar-refractivity contribution in [1.29, 1.82) is 0 Å². The Morgan fingerprint density at radius 2 is 1.83 bits per heavy atom. The second kappa shape index (κ2) is 9.64. The van der Waals surface area contributed by atoms with E-state index in [-0.39, 0.29) is 12.2 Å². The van der Waals surface area contributed by atoms with Crippen molar-refractivity contribution in [2.24, 2.45) is 4.99 Å². The summed E-state index contributed by atoms with van der Waals surface area (Å²) >= 11 is 1.56. The van der Waals surface area contributed by atoms with Crippen LogP contribution < -0.4 is 20.3 Å². The molecule has 6 rings (SSSR count). The number of carbonyl (C=O) groups excluding carboxylic acids is 1. The zero-order chi connectivity index (χ0) is 24.5. The van der Waals surface area contributed by atoms with Crippen molar-refractivity contribution in [1.82, 2.24) is 10.2 Å². The molecular weight excluding hydrogens is 470 g/mol. The van der Waals surface area contributed by atoms with E-state index in [1.807, 2.05) is 78.8 Å². The molecule has 2 aliphatic rings. The lowest BCUT2D eigenvalue weighted by molar-refractivity contribution is 0.0741. The van der Waals surface area contributed by atoms with Crippen molar-refractivity contribution >= 4 is 44.9 Å². The van der Waals surface area contributed by atoms with Crippen LogP contribution in [0.3, 0.4) is 0 Å². The lowest BCUT2D eigenvalue weighted by Crippen LogP contribution is -2.46. The maximum Gasteiger partial charge on any atom is 0.264 e. The number of nitrogens with zero attached hydrogens (tertiary/aromatic N) is 3. The minimum atomic E-state index is -0.290. The van der Waals surface area contributed by atoms with Crippen LogP contribution in [0.4, 0.5) is 11.4 Å². The molecule has 2 N–H and O–H groups in total. The van der Waals surface area contributed by atoms with Crippen molar-refractivity contribution < 1.29 is 9.53 Å². The Morgan fingerprint density at radius 3 is 2.67 bits per heavy atom. The summed E-state index contributed by atoms with van der Waals surface area (Å²) in [7, 11) is 2.03. The predicted octanol–water partition coefficient (Wildman–Crippen LogP) is 5.00. The minimum Gasteiger partial charge on any atom is -0.457 e. The second-order valence-electron chi connectivity index (χ2n) is 8.92. The van der Waals surface area contributed by atoms with Gasteiger partial charge < -0.3 is 25.2 Å². The number of aliphatic imine (C=N–C) groups is 1. The van der Waals surface area contributed by atoms with Crippen LogP contribution in [0.2, 0.25) is 0 Å². The van der Waals surface area contributed by atoms with E-state index in [0.717, 1.165) is 69.6 Å². The Morgan fingerprint density at radius 1 is 1.03 bits per heavy atom. The molecule has 3 heterocycles. The first-order chi connectivity index (χ1) is 17.7. The van der Waals surface area contributed by atoms with Gasteiger partial charge in [0.15, 0.2) is 6.29 Å². The number of amides is 1. The van der Waals surface area contributed by atoms with E-state index >= 15 is 0 Å². The van der Waals surface area contributed by atoms with E-state index < -0.39 is 0 Å². The molecule has 2 aliphatic heterocycles. The average Bonchev–Trinajstić information content (AvgIpc) is 3.36. The summed E-state index contributed by atoms with van der Waals surface area (Å²) in [5.74, 6) is 1.66. The molecule has 0 bridgehead atoms. The molecule has 182 valence electrons. The van der Waals surface area contributed by atoms with Crippen molar-refractivity contribution in [3.63, 3.8) is 0 Å². The number of anilines is 2. The number of nitrogens with one attached hydrogen (secondary N) is 2. The molecule has 1 unspecified atom stereocenters. The molecular formula is C28H27N5O2S. The van der Waals surface area contributed by atoms with E-state index in [4.69, 9.17) is 9.73 Å². The summed E-state index contributed by atoms with van der Waals surface area (Å²) in [5.41, 5.74) is 3.03. The van der Waals surface area contributed by atoms with Crippen LogP contribution in [0.15, 0.2) is 77.8 Å². The fraction of sp³-hybridized carbons (Fsp3) is 0.214. The van der Waals surface area contributed by atoms with Crippen LogP contribution in [0, 0.1) is 0 Å². The van der Waals surface area contributed by atoms with E-state index in [0.29, 0.717) is 0 Å². The van der Waals surface area contributed by atoms with Gasteiger partial charge in [-0.25, -0.2) is 4.99 Å². The fourth-order valence-corrected chi connectivity index (χ4v) is 5.70. The number of piperazine rings is 1. The molecule has 7 nitrogen and oxygen atoms in total. The SMILES string of the molecule is CN1c2c(ccc3sc(C(=O)N4CCNCC4)cc23)C=NC1Nc1cccc(Oc2ccccc2)c1. The molecule has 0 saturated carbocycles. The molecule has 36 heavy (non-hydrogen) atoms. The van der Waals surface area contributed by atoms with Crippen LogP contribution in [0.5, 0.6) is 11.5 Å². The van der Waals surface area contributed by atoms with E-state index in [2.05, 4.69) is 27.7 Å². The maximum absolute atomic E-state index is 13.1. The molecule has 1 amide bonds. The lowest BCUT2D eigenvalue weighted by atomic mass is 10.1. The van der Waals surface area contributed by atoms with Crippen LogP contribution in [-0.2, 0) is 0 Å². The minimum absolute atomic E-state index is 0.114. The number of fused-ring (bicyclic) bond motifs is 3. The number of thiophene rings is 1. The third-order valence-electron chi connectivity index (χ3n) is 6.50. The highest BCUT2D eigenvalue weighted by Gasteiger charge is 2.26. The van der Waals surface area contributed by atoms with Gasteiger partial charge in [-0.15, -0.1) is 11.3 Å². The van der Waals surface area contributed by atoms with Crippen LogP contribution in [0.1, 0.15) is 15.2 Å². The normalized spacial score (nSPS) is 17.2. The van der Waals surface area contributed by atoms with Crippen LogP contribution >= 0.6 is 11.3 Å². The van der Waals surface area contributed by atoms with Crippen molar-refractivity contribution in [3.8, 4) is 11.5 Å². The van der Waals surface area contributed by atoms with Gasteiger partial charge in [0, 0.05) is 66.8 Å². The zero-order valence-corrected chi connectivity index (χ0v) is 20.8. The topological polar surface area (TPSA) is 69.2 Å². The Bertz CT molecular complexity index is 1430.